The van der Waals surface area contributed by atoms with Crippen LogP contribution in [0.2, 0.25) is 0 Å². The second-order valence-corrected chi connectivity index (χ2v) is 5.47. The van der Waals surface area contributed by atoms with Gasteiger partial charge < -0.3 is 19.5 Å². The van der Waals surface area contributed by atoms with Gasteiger partial charge in [-0.05, 0) is 37.3 Å². The minimum absolute atomic E-state index is 0.0524. The number of fused-ring (bicyclic) bond motifs is 1. The molecule has 3 aromatic rings. The van der Waals surface area contributed by atoms with Crippen molar-refractivity contribution in [1.82, 2.24) is 9.38 Å². The Kier molecular flexibility index (Phi) is 5.26. The van der Waals surface area contributed by atoms with Crippen molar-refractivity contribution in [1.29, 1.82) is 0 Å². The summed E-state index contributed by atoms with van der Waals surface area (Å²) in [6.07, 6.45) is 1.89. The predicted molar refractivity (Wildman–Crippen MR) is 98.9 cm³/mol. The highest BCUT2D eigenvalue weighted by atomic mass is 16.5. The van der Waals surface area contributed by atoms with Gasteiger partial charge in [0.2, 0.25) is 0 Å². The Balaban J connectivity index is 2.04. The molecule has 7 heteroatoms. The first-order chi connectivity index (χ1) is 12.7. The lowest BCUT2D eigenvalue weighted by molar-refractivity contribution is -0.140. The van der Waals surface area contributed by atoms with Crippen molar-refractivity contribution >= 4 is 17.4 Å². The zero-order valence-corrected chi connectivity index (χ0v) is 15.0. The highest BCUT2D eigenvalue weighted by Gasteiger charge is 2.17. The van der Waals surface area contributed by atoms with Gasteiger partial charge in [-0.2, -0.15) is 0 Å². The van der Waals surface area contributed by atoms with Gasteiger partial charge in [-0.3, -0.25) is 9.20 Å². The van der Waals surface area contributed by atoms with Gasteiger partial charge in [0.25, 0.3) is 0 Å². The third kappa shape index (κ3) is 3.42. The number of benzene rings is 1. The summed E-state index contributed by atoms with van der Waals surface area (Å²) >= 11 is 0. The highest BCUT2D eigenvalue weighted by molar-refractivity contribution is 5.81. The molecule has 1 N–H and O–H groups in total. The van der Waals surface area contributed by atoms with Crippen molar-refractivity contribution in [3.8, 4) is 22.8 Å². The molecule has 0 amide bonds. The van der Waals surface area contributed by atoms with Crippen molar-refractivity contribution in [3.63, 3.8) is 0 Å². The molecular weight excluding hydrogens is 334 g/mol. The van der Waals surface area contributed by atoms with Gasteiger partial charge in [-0.25, -0.2) is 4.98 Å². The number of ether oxygens (including phenoxy) is 3. The van der Waals surface area contributed by atoms with E-state index in [1.807, 2.05) is 47.0 Å². The van der Waals surface area contributed by atoms with Gasteiger partial charge in [-0.15, -0.1) is 0 Å². The van der Waals surface area contributed by atoms with Crippen molar-refractivity contribution in [3.05, 3.63) is 42.6 Å². The number of hydrogen-bond donors (Lipinski definition) is 1. The minimum atomic E-state index is -0.323. The van der Waals surface area contributed by atoms with E-state index in [0.717, 1.165) is 11.2 Å². The van der Waals surface area contributed by atoms with E-state index in [9.17, 15) is 4.79 Å². The van der Waals surface area contributed by atoms with Gasteiger partial charge in [-0.1, -0.05) is 6.07 Å². The summed E-state index contributed by atoms with van der Waals surface area (Å²) in [5.41, 5.74) is 2.32. The topological polar surface area (TPSA) is 74.1 Å². The minimum Gasteiger partial charge on any atom is -0.493 e. The normalized spacial score (nSPS) is 10.6. The van der Waals surface area contributed by atoms with Crippen LogP contribution in [0, 0.1) is 0 Å². The van der Waals surface area contributed by atoms with E-state index in [0.29, 0.717) is 29.6 Å². The van der Waals surface area contributed by atoms with Crippen LogP contribution >= 0.6 is 0 Å². The first-order valence-electron chi connectivity index (χ1n) is 8.27. The van der Waals surface area contributed by atoms with E-state index >= 15 is 0 Å². The number of nitrogens with one attached hydrogen (secondary N) is 1. The second kappa shape index (κ2) is 7.77. The molecule has 0 fully saturated rings. The molecule has 0 aliphatic rings. The van der Waals surface area contributed by atoms with Crippen molar-refractivity contribution in [2.75, 3.05) is 32.7 Å². The zero-order valence-electron chi connectivity index (χ0n) is 15.0. The van der Waals surface area contributed by atoms with Gasteiger partial charge in [0, 0.05) is 11.8 Å². The smallest absolute Gasteiger partial charge is 0.325 e. The average molecular weight is 355 g/mol. The molecule has 0 aliphatic heterocycles. The number of carbonyl (C=O) groups excluding carboxylic acids is 1. The molecule has 26 heavy (non-hydrogen) atoms. The van der Waals surface area contributed by atoms with E-state index in [1.54, 1.807) is 21.1 Å². The van der Waals surface area contributed by atoms with Gasteiger partial charge in [0.1, 0.15) is 23.7 Å². The largest absolute Gasteiger partial charge is 0.493 e. The van der Waals surface area contributed by atoms with E-state index in [4.69, 9.17) is 14.2 Å². The lowest BCUT2D eigenvalue weighted by Crippen LogP contribution is -2.17. The van der Waals surface area contributed by atoms with Crippen LogP contribution < -0.4 is 14.8 Å². The summed E-state index contributed by atoms with van der Waals surface area (Å²) in [4.78, 5) is 16.4. The molecule has 7 nitrogen and oxygen atoms in total. The number of esters is 1. The molecule has 0 saturated carbocycles. The standard InChI is InChI=1S/C19H21N3O4/c1-4-26-17(23)12-20-19-18(21-16-7-5-6-10-22(16)19)13-8-9-14(24-2)15(11-13)25-3/h5-11,20H,4,12H2,1-3H3. The van der Waals surface area contributed by atoms with Gasteiger partial charge in [0.05, 0.1) is 20.8 Å². The van der Waals surface area contributed by atoms with E-state index in [2.05, 4.69) is 10.3 Å². The highest BCUT2D eigenvalue weighted by Crippen LogP contribution is 2.35. The molecule has 0 unspecified atom stereocenters. The van der Waals surface area contributed by atoms with Crippen molar-refractivity contribution in [2.24, 2.45) is 0 Å². The number of imidazole rings is 1. The lowest BCUT2D eigenvalue weighted by Gasteiger charge is -2.11. The lowest BCUT2D eigenvalue weighted by atomic mass is 10.1. The monoisotopic (exact) mass is 355 g/mol. The number of carbonyl (C=O) groups is 1. The number of pyridine rings is 1. The fraction of sp³-hybridized carbons (Fsp3) is 0.263. The first-order valence-corrected chi connectivity index (χ1v) is 8.27. The molecule has 3 rings (SSSR count). The maximum Gasteiger partial charge on any atom is 0.325 e. The summed E-state index contributed by atoms with van der Waals surface area (Å²) in [6.45, 7) is 2.17. The molecule has 0 saturated heterocycles. The van der Waals surface area contributed by atoms with E-state index in [1.165, 1.54) is 0 Å². The molecule has 2 heterocycles. The quantitative estimate of drug-likeness (QED) is 0.657. The van der Waals surface area contributed by atoms with Gasteiger partial charge in [0.15, 0.2) is 11.5 Å². The Morgan fingerprint density at radius 1 is 1.15 bits per heavy atom. The Morgan fingerprint density at radius 3 is 2.69 bits per heavy atom. The summed E-state index contributed by atoms with van der Waals surface area (Å²) < 4.78 is 17.6. The SMILES string of the molecule is CCOC(=O)CNc1c(-c2ccc(OC)c(OC)c2)nc2ccccn12. The fourth-order valence-corrected chi connectivity index (χ4v) is 2.72. The number of nitrogens with zero attached hydrogens (tertiary/aromatic N) is 2. The van der Waals surface area contributed by atoms with Crippen LogP contribution in [0.15, 0.2) is 42.6 Å². The third-order valence-corrected chi connectivity index (χ3v) is 3.89. The number of hydrogen-bond acceptors (Lipinski definition) is 6. The summed E-state index contributed by atoms with van der Waals surface area (Å²) in [5, 5.41) is 3.14. The summed E-state index contributed by atoms with van der Waals surface area (Å²) in [6, 6.07) is 11.3. The predicted octanol–water partition coefficient (Wildman–Crippen LogP) is 2.99. The Hall–Kier alpha value is -3.22. The van der Waals surface area contributed by atoms with Crippen LogP contribution in [-0.4, -0.2) is 42.7 Å². The Bertz CT molecular complexity index is 920. The maximum atomic E-state index is 11.8. The molecule has 0 aliphatic carbocycles. The summed E-state index contributed by atoms with van der Waals surface area (Å²) in [5.74, 6) is 1.64. The number of rotatable bonds is 7. The Labute approximate surface area is 151 Å². The molecule has 2 aromatic heterocycles. The zero-order chi connectivity index (χ0) is 18.5. The Morgan fingerprint density at radius 2 is 1.96 bits per heavy atom. The van der Waals surface area contributed by atoms with Crippen LogP contribution in [-0.2, 0) is 9.53 Å². The van der Waals surface area contributed by atoms with E-state index in [-0.39, 0.29) is 12.5 Å². The van der Waals surface area contributed by atoms with Gasteiger partial charge >= 0.3 is 5.97 Å². The van der Waals surface area contributed by atoms with Crippen molar-refractivity contribution in [2.45, 2.75) is 6.92 Å². The number of aromatic nitrogens is 2. The fourth-order valence-electron chi connectivity index (χ4n) is 2.72. The number of anilines is 1. The molecule has 1 aromatic carbocycles. The molecule has 0 bridgehead atoms. The molecule has 0 spiro atoms. The molecule has 0 radical (unpaired) electrons. The van der Waals surface area contributed by atoms with Crippen LogP contribution in [0.5, 0.6) is 11.5 Å². The molecule has 136 valence electrons. The molecular formula is C19H21N3O4. The van der Waals surface area contributed by atoms with Crippen molar-refractivity contribution < 1.29 is 19.0 Å². The maximum absolute atomic E-state index is 11.8. The van der Waals surface area contributed by atoms with E-state index < -0.39 is 0 Å². The number of methoxy groups -OCH3 is 2. The van der Waals surface area contributed by atoms with Crippen LogP contribution in [0.25, 0.3) is 16.9 Å². The third-order valence-electron chi connectivity index (χ3n) is 3.89. The molecule has 0 atom stereocenters. The summed E-state index contributed by atoms with van der Waals surface area (Å²) in [7, 11) is 3.18. The second-order valence-electron chi connectivity index (χ2n) is 5.47. The van der Waals surface area contributed by atoms with Crippen LogP contribution in [0.3, 0.4) is 0 Å². The average Bonchev–Trinajstić information content (AvgIpc) is 3.04. The first kappa shape index (κ1) is 17.6. The van der Waals surface area contributed by atoms with Crippen LogP contribution in [0.4, 0.5) is 5.82 Å². The van der Waals surface area contributed by atoms with Crippen LogP contribution in [0.1, 0.15) is 6.92 Å².